The van der Waals surface area contributed by atoms with Gasteiger partial charge in [0.25, 0.3) is 5.56 Å². The Morgan fingerprint density at radius 2 is 2.26 bits per heavy atom. The zero-order valence-electron chi connectivity index (χ0n) is 9.92. The van der Waals surface area contributed by atoms with E-state index in [0.717, 1.165) is 16.1 Å². The lowest BCUT2D eigenvalue weighted by Crippen LogP contribution is -2.09. The van der Waals surface area contributed by atoms with Crippen LogP contribution in [0.25, 0.3) is 10.2 Å². The zero-order valence-corrected chi connectivity index (χ0v) is 11.6. The van der Waals surface area contributed by atoms with Crippen LogP contribution in [0.3, 0.4) is 0 Å². The molecule has 0 aliphatic carbocycles. The second-order valence-electron chi connectivity index (χ2n) is 4.01. The van der Waals surface area contributed by atoms with Crippen molar-refractivity contribution in [2.45, 2.75) is 10.6 Å². The van der Waals surface area contributed by atoms with Gasteiger partial charge >= 0.3 is 0 Å². The fourth-order valence-electron chi connectivity index (χ4n) is 1.75. The average Bonchev–Trinajstić information content (AvgIpc) is 2.85. The molecule has 19 heavy (non-hydrogen) atoms. The first-order valence-electron chi connectivity index (χ1n) is 5.67. The minimum absolute atomic E-state index is 0.0665. The molecule has 3 rings (SSSR count). The molecular formula is C13H11N3OS2. The number of rotatable bonds is 3. The first-order chi connectivity index (χ1) is 9.22. The highest BCUT2D eigenvalue weighted by atomic mass is 32.2. The molecule has 0 aliphatic heterocycles. The van der Waals surface area contributed by atoms with Crippen molar-refractivity contribution in [1.82, 2.24) is 9.97 Å². The number of aromatic nitrogens is 2. The molecule has 4 nitrogen and oxygen atoms in total. The van der Waals surface area contributed by atoms with E-state index in [1.807, 2.05) is 35.7 Å². The largest absolute Gasteiger partial charge is 0.399 e. The first kappa shape index (κ1) is 12.3. The molecular weight excluding hydrogens is 278 g/mol. The number of nitrogens with one attached hydrogen (secondary N) is 1. The van der Waals surface area contributed by atoms with Gasteiger partial charge in [-0.05, 0) is 29.6 Å². The monoisotopic (exact) mass is 289 g/mol. The summed E-state index contributed by atoms with van der Waals surface area (Å²) in [5.74, 6) is 1.30. The third kappa shape index (κ3) is 2.64. The number of hydrogen-bond acceptors (Lipinski definition) is 5. The Hall–Kier alpha value is -1.79. The van der Waals surface area contributed by atoms with E-state index in [1.54, 1.807) is 11.8 Å². The summed E-state index contributed by atoms with van der Waals surface area (Å²) in [5, 5.41) is 1.88. The smallest absolute Gasteiger partial charge is 0.268 e. The lowest BCUT2D eigenvalue weighted by atomic mass is 10.3. The summed E-state index contributed by atoms with van der Waals surface area (Å²) in [7, 11) is 0. The normalized spacial score (nSPS) is 10.9. The highest BCUT2D eigenvalue weighted by Crippen LogP contribution is 2.23. The summed E-state index contributed by atoms with van der Waals surface area (Å²) in [6.07, 6.45) is 0. The summed E-state index contributed by atoms with van der Waals surface area (Å²) >= 11 is 3.01. The minimum Gasteiger partial charge on any atom is -0.399 e. The number of thiophene rings is 1. The third-order valence-corrected chi connectivity index (χ3v) is 4.50. The van der Waals surface area contributed by atoms with Crippen LogP contribution in [0, 0.1) is 0 Å². The van der Waals surface area contributed by atoms with E-state index in [0.29, 0.717) is 16.3 Å². The molecule has 1 aromatic carbocycles. The van der Waals surface area contributed by atoms with Gasteiger partial charge in [0.2, 0.25) is 0 Å². The van der Waals surface area contributed by atoms with Gasteiger partial charge in [-0.1, -0.05) is 6.07 Å². The van der Waals surface area contributed by atoms with Crippen molar-refractivity contribution < 1.29 is 0 Å². The van der Waals surface area contributed by atoms with Crippen molar-refractivity contribution in [1.29, 1.82) is 0 Å². The van der Waals surface area contributed by atoms with Crippen LogP contribution in [-0.4, -0.2) is 9.97 Å². The van der Waals surface area contributed by atoms with Crippen LogP contribution in [0.15, 0.2) is 45.4 Å². The Morgan fingerprint density at radius 3 is 3.11 bits per heavy atom. The summed E-state index contributed by atoms with van der Waals surface area (Å²) in [4.78, 5) is 20.1. The zero-order chi connectivity index (χ0) is 13.2. The average molecular weight is 289 g/mol. The molecule has 0 aliphatic rings. The molecule has 2 aromatic heterocycles. The van der Waals surface area contributed by atoms with Crippen molar-refractivity contribution in [3.8, 4) is 0 Å². The highest BCUT2D eigenvalue weighted by molar-refractivity contribution is 7.98. The maximum absolute atomic E-state index is 11.8. The SMILES string of the molecule is Nc1cccc(SCc2nc3ccsc3c(=O)[nH]2)c1. The minimum atomic E-state index is -0.0665. The van der Waals surface area contributed by atoms with Crippen LogP contribution in [0.4, 0.5) is 5.69 Å². The highest BCUT2D eigenvalue weighted by Gasteiger charge is 2.05. The molecule has 3 aromatic rings. The van der Waals surface area contributed by atoms with E-state index in [1.165, 1.54) is 11.3 Å². The molecule has 0 saturated carbocycles. The Morgan fingerprint density at radius 1 is 1.37 bits per heavy atom. The maximum Gasteiger partial charge on any atom is 0.268 e. The number of fused-ring (bicyclic) bond motifs is 1. The van der Waals surface area contributed by atoms with Crippen molar-refractivity contribution >= 4 is 39.0 Å². The van der Waals surface area contributed by atoms with Crippen molar-refractivity contribution in [3.05, 3.63) is 51.9 Å². The van der Waals surface area contributed by atoms with Gasteiger partial charge in [0.15, 0.2) is 0 Å². The van der Waals surface area contributed by atoms with E-state index < -0.39 is 0 Å². The summed E-state index contributed by atoms with van der Waals surface area (Å²) in [6.45, 7) is 0. The molecule has 0 radical (unpaired) electrons. The molecule has 2 heterocycles. The fourth-order valence-corrected chi connectivity index (χ4v) is 3.31. The number of hydrogen-bond donors (Lipinski definition) is 2. The van der Waals surface area contributed by atoms with Crippen LogP contribution >= 0.6 is 23.1 Å². The number of H-pyrrole nitrogens is 1. The number of anilines is 1. The van der Waals surface area contributed by atoms with Gasteiger partial charge in [0.05, 0.1) is 11.3 Å². The molecule has 0 fully saturated rings. The van der Waals surface area contributed by atoms with Gasteiger partial charge in [-0.15, -0.1) is 23.1 Å². The molecule has 0 unspecified atom stereocenters. The number of nitrogens with two attached hydrogens (primary N) is 1. The standard InChI is InChI=1S/C13H11N3OS2/c14-8-2-1-3-9(6-8)19-7-11-15-10-4-5-18-12(10)13(17)16-11/h1-6H,7,14H2,(H,15,16,17). The molecule has 0 bridgehead atoms. The van der Waals surface area contributed by atoms with Crippen LogP contribution in [0.5, 0.6) is 0 Å². The topological polar surface area (TPSA) is 71.8 Å². The van der Waals surface area contributed by atoms with E-state index in [2.05, 4.69) is 9.97 Å². The Kier molecular flexibility index (Phi) is 3.27. The van der Waals surface area contributed by atoms with Gasteiger partial charge in [-0.25, -0.2) is 4.98 Å². The maximum atomic E-state index is 11.8. The number of nitrogens with zero attached hydrogens (tertiary/aromatic N) is 1. The van der Waals surface area contributed by atoms with Crippen molar-refractivity contribution in [3.63, 3.8) is 0 Å². The second-order valence-corrected chi connectivity index (χ2v) is 5.97. The number of aromatic amines is 1. The van der Waals surface area contributed by atoms with Gasteiger partial charge < -0.3 is 10.7 Å². The van der Waals surface area contributed by atoms with E-state index >= 15 is 0 Å². The Balaban J connectivity index is 1.83. The van der Waals surface area contributed by atoms with Crippen LogP contribution in [-0.2, 0) is 5.75 Å². The first-order valence-corrected chi connectivity index (χ1v) is 7.53. The van der Waals surface area contributed by atoms with Crippen LogP contribution < -0.4 is 11.3 Å². The number of nitrogen functional groups attached to an aromatic ring is 1. The fraction of sp³-hybridized carbons (Fsp3) is 0.0769. The van der Waals surface area contributed by atoms with E-state index in [4.69, 9.17) is 5.73 Å². The van der Waals surface area contributed by atoms with Gasteiger partial charge in [-0.2, -0.15) is 0 Å². The predicted octanol–water partition coefficient (Wildman–Crippen LogP) is 2.86. The molecule has 6 heteroatoms. The van der Waals surface area contributed by atoms with Gasteiger partial charge in [-0.3, -0.25) is 4.79 Å². The molecule has 0 spiro atoms. The second kappa shape index (κ2) is 5.07. The van der Waals surface area contributed by atoms with Crippen LogP contribution in [0.2, 0.25) is 0 Å². The summed E-state index contributed by atoms with van der Waals surface area (Å²) in [6, 6.07) is 9.52. The molecule has 0 amide bonds. The molecule has 96 valence electrons. The Labute approximate surface area is 117 Å². The molecule has 3 N–H and O–H groups in total. The number of thioether (sulfide) groups is 1. The quantitative estimate of drug-likeness (QED) is 0.574. The third-order valence-electron chi connectivity index (χ3n) is 2.60. The summed E-state index contributed by atoms with van der Waals surface area (Å²) < 4.78 is 0.678. The van der Waals surface area contributed by atoms with Gasteiger partial charge in [0.1, 0.15) is 10.5 Å². The van der Waals surface area contributed by atoms with Crippen molar-refractivity contribution in [2.75, 3.05) is 5.73 Å². The Bertz CT molecular complexity index is 779. The van der Waals surface area contributed by atoms with E-state index in [9.17, 15) is 4.79 Å². The predicted molar refractivity (Wildman–Crippen MR) is 80.7 cm³/mol. The molecule has 0 atom stereocenters. The number of benzene rings is 1. The van der Waals surface area contributed by atoms with Gasteiger partial charge in [0, 0.05) is 10.6 Å². The van der Waals surface area contributed by atoms with Crippen molar-refractivity contribution in [2.24, 2.45) is 0 Å². The lowest BCUT2D eigenvalue weighted by molar-refractivity contribution is 1.04. The lowest BCUT2D eigenvalue weighted by Gasteiger charge is -2.02. The van der Waals surface area contributed by atoms with Crippen LogP contribution in [0.1, 0.15) is 5.82 Å². The summed E-state index contributed by atoms with van der Waals surface area (Å²) in [5.41, 5.74) is 7.16. The van der Waals surface area contributed by atoms with E-state index in [-0.39, 0.29) is 5.56 Å². The molecule has 0 saturated heterocycles.